The molecule has 2 heterocycles. The zero-order valence-electron chi connectivity index (χ0n) is 64.5. The van der Waals surface area contributed by atoms with E-state index in [1.54, 1.807) is 56.3 Å². The highest BCUT2D eigenvalue weighted by Gasteiger charge is 2.57. The van der Waals surface area contributed by atoms with Gasteiger partial charge in [0.15, 0.2) is 30.4 Å². The topological polar surface area (TPSA) is 319 Å². The Morgan fingerprint density at radius 2 is 0.982 bits per heavy atom. The number of nitrogens with one attached hydrogen (secondary N) is 2. The first-order valence-corrected chi connectivity index (χ1v) is 43.2. The van der Waals surface area contributed by atoms with Crippen LogP contribution >= 0.6 is 112 Å². The minimum atomic E-state index is -5.31. The average Bonchev–Trinajstić information content (AvgIpc) is 0.766. The van der Waals surface area contributed by atoms with Crippen molar-refractivity contribution in [1.29, 1.82) is 0 Å². The van der Waals surface area contributed by atoms with E-state index in [2.05, 4.69) is 24.5 Å². The van der Waals surface area contributed by atoms with Gasteiger partial charge >= 0.3 is 44.1 Å². The van der Waals surface area contributed by atoms with Gasteiger partial charge in [-0.2, -0.15) is 0 Å². The van der Waals surface area contributed by atoms with Crippen molar-refractivity contribution in [2.75, 3.05) is 26.4 Å². The van der Waals surface area contributed by atoms with Crippen LogP contribution in [-0.2, 0) is 91.7 Å². The number of amides is 2. The zero-order valence-corrected chi connectivity index (χ0v) is 72.2. The molecule has 3 aromatic rings. The number of halogens is 9. The highest BCUT2D eigenvalue weighted by atomic mass is 35.6. The molecule has 2 fully saturated rings. The molecule has 0 aliphatic carbocycles. The number of phosphoric acid groups is 1. The lowest BCUT2D eigenvalue weighted by atomic mass is 9.95. The van der Waals surface area contributed by atoms with Crippen molar-refractivity contribution >= 4 is 154 Å². The SMILES string of the molecule is CCCCCCCCCCC[C@H](CC(=O)N[C@H]1[C@H](OCc2ccccc2)O[C@H](CO[C@@H]2O[C@H](COC(=O)OC(C)(C)C(Cl)(Cl)Cl)[C@@H](OP(=O)(Oc3ccccc3)Oc3ccccc3)[C@H](OC(=O)C[C@@H](CCCCCCCCCCC)OC(=O)CC)[C@H]2NC(=O)OCC(Cl)(Cl)Cl)[C@@H](O)[C@@H]1OC(=O)OCC(Cl)(Cl)Cl)OC(=O)CCC. The Kier molecular flexibility index (Phi) is 45.4. The van der Waals surface area contributed by atoms with Crippen molar-refractivity contribution < 1.29 is 114 Å². The summed E-state index contributed by atoms with van der Waals surface area (Å²) in [5.74, 6) is -3.33. The predicted molar refractivity (Wildman–Crippen MR) is 429 cm³/mol. The summed E-state index contributed by atoms with van der Waals surface area (Å²) in [6, 6.07) is 19.9. The summed E-state index contributed by atoms with van der Waals surface area (Å²) in [6.07, 6.45) is -5.43. The number of aliphatic hydroxyl groups is 1. The molecule has 36 heteroatoms. The van der Waals surface area contributed by atoms with E-state index in [0.29, 0.717) is 37.7 Å². The molecule has 2 amide bonds. The van der Waals surface area contributed by atoms with Crippen LogP contribution in [0.15, 0.2) is 91.0 Å². The molecule has 2 saturated heterocycles. The Morgan fingerprint density at radius 1 is 0.504 bits per heavy atom. The molecule has 5 rings (SSSR count). The van der Waals surface area contributed by atoms with Gasteiger partial charge in [-0.3, -0.25) is 23.7 Å². The number of carbonyl (C=O) groups is 7. The third-order valence-electron chi connectivity index (χ3n) is 17.8. The van der Waals surface area contributed by atoms with Gasteiger partial charge in [0.2, 0.25) is 17.3 Å². The Morgan fingerprint density at radius 3 is 1.50 bits per heavy atom. The van der Waals surface area contributed by atoms with Crippen molar-refractivity contribution in [2.24, 2.45) is 0 Å². The third-order valence-corrected chi connectivity index (χ3v) is 21.2. The van der Waals surface area contributed by atoms with Crippen LogP contribution in [-0.4, -0.2) is 164 Å². The summed E-state index contributed by atoms with van der Waals surface area (Å²) in [6.45, 7) is 6.05. The number of hydrogen-bond donors (Lipinski definition) is 3. The second-order valence-corrected chi connectivity index (χ2v) is 36.6. The van der Waals surface area contributed by atoms with Crippen LogP contribution in [0.25, 0.3) is 0 Å². The van der Waals surface area contributed by atoms with E-state index >= 15 is 9.36 Å². The summed E-state index contributed by atoms with van der Waals surface area (Å²) in [5.41, 5.74) is -1.35. The number of hydrogen-bond acceptors (Lipinski definition) is 24. The molecule has 0 radical (unpaired) electrons. The van der Waals surface area contributed by atoms with Gasteiger partial charge in [0.1, 0.15) is 80.0 Å². The quantitative estimate of drug-likeness (QED) is 0.0155. The first-order valence-electron chi connectivity index (χ1n) is 38.4. The lowest BCUT2D eigenvalue weighted by Crippen LogP contribution is -2.68. The monoisotopic (exact) mass is 1790 g/mol. The maximum Gasteiger partial charge on any atom is 0.588 e. The number of alkyl carbamates (subject to hydrolysis) is 1. The average molecular weight is 1800 g/mol. The fourth-order valence-electron chi connectivity index (χ4n) is 11.8. The normalized spacial score (nSPS) is 20.6. The summed E-state index contributed by atoms with van der Waals surface area (Å²) in [5, 5.41) is 18.1. The highest BCUT2D eigenvalue weighted by Crippen LogP contribution is 2.53. The van der Waals surface area contributed by atoms with Crippen molar-refractivity contribution in [1.82, 2.24) is 10.6 Å². The Balaban J connectivity index is 1.69. The lowest BCUT2D eigenvalue weighted by Gasteiger charge is -2.47. The molecular weight excluding hydrogens is 1690 g/mol. The van der Waals surface area contributed by atoms with Crippen LogP contribution in [0.1, 0.15) is 208 Å². The van der Waals surface area contributed by atoms with Crippen LogP contribution in [0.5, 0.6) is 11.5 Å². The van der Waals surface area contributed by atoms with Crippen LogP contribution < -0.4 is 19.7 Å². The molecule has 113 heavy (non-hydrogen) atoms. The first kappa shape index (κ1) is 99.1. The van der Waals surface area contributed by atoms with Gasteiger partial charge in [-0.05, 0) is 75.8 Å². The van der Waals surface area contributed by atoms with Gasteiger partial charge in [-0.25, -0.2) is 18.9 Å². The zero-order chi connectivity index (χ0) is 83.0. The van der Waals surface area contributed by atoms with Crippen molar-refractivity contribution in [2.45, 2.75) is 299 Å². The molecule has 0 saturated carbocycles. The molecule has 26 nitrogen and oxygen atoms in total. The first-order chi connectivity index (χ1) is 53.6. The highest BCUT2D eigenvalue weighted by molar-refractivity contribution is 7.49. The number of unbranched alkanes of at least 4 members (excludes halogenated alkanes) is 16. The van der Waals surface area contributed by atoms with Crippen molar-refractivity contribution in [3.63, 3.8) is 0 Å². The summed E-state index contributed by atoms with van der Waals surface area (Å²) >= 11 is 55.1. The molecule has 3 aromatic carbocycles. The number of rotatable bonds is 50. The molecule has 12 atom stereocenters. The van der Waals surface area contributed by atoms with E-state index in [9.17, 15) is 33.9 Å². The fourth-order valence-corrected chi connectivity index (χ4v) is 13.7. The summed E-state index contributed by atoms with van der Waals surface area (Å²) in [4.78, 5) is 98.5. The molecule has 3 N–H and O–H groups in total. The molecule has 0 bridgehead atoms. The van der Waals surface area contributed by atoms with E-state index in [-0.39, 0.29) is 37.4 Å². The predicted octanol–water partition coefficient (Wildman–Crippen LogP) is 19.4. The Hall–Kier alpha value is -4.45. The number of alkyl halides is 9. The Bertz CT molecular complexity index is 3290. The van der Waals surface area contributed by atoms with Gasteiger partial charge in [0, 0.05) is 12.8 Å². The molecule has 638 valence electrons. The largest absolute Gasteiger partial charge is 0.588 e. The summed E-state index contributed by atoms with van der Waals surface area (Å²) in [7, 11) is -5.31. The van der Waals surface area contributed by atoms with Gasteiger partial charge in [0.25, 0.3) is 0 Å². The maximum atomic E-state index is 15.9. The standard InChI is InChI=1S/C77H108Cl9N2O24P/c1-7-11-13-15-17-19-21-23-30-43-55(104-61(91)36-9-3)45-59(89)87-63-67(108-72(95)102-51-76(81,82)83)65(93)57(105-69(63)98-47-52-37-28-25-29-38-52)48-99-70-64(88-71(94)101-50-75(78,79)80)68(107-62(92)46-56(103-60(90)10-4)44-31-24-22-20-18-16-14-12-8-2)66(58(106-70)49-100-73(96)109-74(5,6)77(84,85)86)112-113(97,110-53-39-32-26-33-40-53)111-54-41-34-27-35-42-54/h25-29,32-35,37-42,55-58,63-70,93H,7-24,30-31,36,43-51H2,1-6H3,(H,87,89)(H,88,94)/t55-,56-,57-,58-,63-,64-,65-,66-,67-,68-,69-,70-/m1/s1. The molecule has 2 aliphatic rings. The fraction of sp³-hybridized carbons (Fsp3) is 0.675. The number of carbonyl (C=O) groups excluding carboxylic acids is 7. The molecule has 2 aliphatic heterocycles. The van der Waals surface area contributed by atoms with E-state index in [4.69, 9.17) is 175 Å². The second-order valence-electron chi connectivity index (χ2n) is 27.8. The van der Waals surface area contributed by atoms with E-state index in [1.807, 2.05) is 0 Å². The number of phosphoric ester groups is 1. The van der Waals surface area contributed by atoms with Crippen molar-refractivity contribution in [3.8, 4) is 11.5 Å². The summed E-state index contributed by atoms with van der Waals surface area (Å²) < 4.78 is 99.8. The molecule has 0 spiro atoms. The number of esters is 3. The number of benzene rings is 3. The third kappa shape index (κ3) is 39.3. The van der Waals surface area contributed by atoms with Crippen LogP contribution in [0, 0.1) is 0 Å². The smallest absolute Gasteiger partial charge is 0.462 e. The lowest BCUT2D eigenvalue weighted by molar-refractivity contribution is -0.305. The minimum Gasteiger partial charge on any atom is -0.462 e. The maximum absolute atomic E-state index is 15.9. The van der Waals surface area contributed by atoms with Crippen LogP contribution in [0.4, 0.5) is 14.4 Å². The molecule has 0 aromatic heterocycles. The number of aliphatic hydroxyl groups excluding tert-OH is 1. The van der Waals surface area contributed by atoms with E-state index < -0.39 is 180 Å². The van der Waals surface area contributed by atoms with E-state index in [0.717, 1.165) is 89.9 Å². The van der Waals surface area contributed by atoms with E-state index in [1.165, 1.54) is 68.8 Å². The minimum absolute atomic E-state index is 0.0710. The molecule has 0 unspecified atom stereocenters. The number of para-hydroxylation sites is 2. The van der Waals surface area contributed by atoms with Gasteiger partial charge in [0.05, 0.1) is 26.1 Å². The van der Waals surface area contributed by atoms with Crippen LogP contribution in [0.3, 0.4) is 0 Å². The van der Waals surface area contributed by atoms with Gasteiger partial charge < -0.3 is 81.6 Å². The van der Waals surface area contributed by atoms with Crippen molar-refractivity contribution in [3.05, 3.63) is 96.6 Å². The second kappa shape index (κ2) is 51.8. The van der Waals surface area contributed by atoms with Crippen LogP contribution in [0.2, 0.25) is 0 Å². The van der Waals surface area contributed by atoms with Gasteiger partial charge in [-0.15, -0.1) is 0 Å². The molecular formula is C77H108Cl9N2O24P. The number of ether oxygens (including phenoxy) is 12. The van der Waals surface area contributed by atoms with Gasteiger partial charge in [-0.1, -0.05) is 302 Å². The Labute approximate surface area is 707 Å².